The lowest BCUT2D eigenvalue weighted by Gasteiger charge is -2.30. The molecule has 1 N–H and O–H groups in total. The number of aromatic nitrogens is 4. The maximum absolute atomic E-state index is 11.6. The van der Waals surface area contributed by atoms with Gasteiger partial charge in [0.1, 0.15) is 26.8 Å². The summed E-state index contributed by atoms with van der Waals surface area (Å²) in [4.78, 5) is 27.7. The normalized spacial score (nSPS) is 17.5. The Morgan fingerprint density at radius 1 is 1.27 bits per heavy atom. The first-order valence-corrected chi connectivity index (χ1v) is 13.5. The highest BCUT2D eigenvalue weighted by atomic mass is 35.5. The van der Waals surface area contributed by atoms with Crippen molar-refractivity contribution in [2.24, 2.45) is 0 Å². The van der Waals surface area contributed by atoms with Crippen LogP contribution in [0.5, 0.6) is 5.88 Å². The molecular weight excluding hydrogens is 537 g/mol. The molecule has 0 aliphatic carbocycles. The summed E-state index contributed by atoms with van der Waals surface area (Å²) in [6, 6.07) is 7.00. The molecule has 1 fully saturated rings. The molecule has 2 aliphatic rings. The second kappa shape index (κ2) is 10.2. The van der Waals surface area contributed by atoms with E-state index in [0.29, 0.717) is 34.9 Å². The number of rotatable bonds is 8. The van der Waals surface area contributed by atoms with E-state index in [0.717, 1.165) is 59.1 Å². The smallest absolute Gasteiger partial charge is 0.335 e. The third kappa shape index (κ3) is 5.17. The average molecular weight is 560 g/mol. The third-order valence-electron chi connectivity index (χ3n) is 6.66. The van der Waals surface area contributed by atoms with E-state index >= 15 is 0 Å². The number of halogens is 2. The minimum atomic E-state index is -0.954. The summed E-state index contributed by atoms with van der Waals surface area (Å²) in [5.41, 5.74) is 3.86. The maximum Gasteiger partial charge on any atom is 0.335 e. The molecule has 2 aliphatic heterocycles. The molecule has 0 spiro atoms. The zero-order chi connectivity index (χ0) is 25.5. The van der Waals surface area contributed by atoms with Crippen LogP contribution in [0.15, 0.2) is 30.5 Å². The lowest BCUT2D eigenvalue weighted by molar-refractivity contribution is -0.0592. The van der Waals surface area contributed by atoms with Crippen molar-refractivity contribution in [1.29, 1.82) is 0 Å². The Labute approximate surface area is 226 Å². The van der Waals surface area contributed by atoms with E-state index in [2.05, 4.69) is 14.5 Å². The lowest BCUT2D eigenvalue weighted by atomic mass is 10.1. The van der Waals surface area contributed by atoms with Crippen LogP contribution in [0.25, 0.3) is 11.0 Å². The number of carboxylic acid groups (broad SMARTS) is 1. The van der Waals surface area contributed by atoms with Gasteiger partial charge in [0.05, 0.1) is 47.7 Å². The highest BCUT2D eigenvalue weighted by molar-refractivity contribution is 7.15. The Morgan fingerprint density at radius 2 is 2.14 bits per heavy atom. The molecule has 37 heavy (non-hydrogen) atoms. The van der Waals surface area contributed by atoms with Gasteiger partial charge < -0.3 is 19.1 Å². The van der Waals surface area contributed by atoms with E-state index in [1.807, 2.05) is 6.07 Å². The molecular formula is C25H23Cl2N5O4S. The van der Waals surface area contributed by atoms with Crippen molar-refractivity contribution in [2.45, 2.75) is 45.2 Å². The van der Waals surface area contributed by atoms with Crippen molar-refractivity contribution in [2.75, 3.05) is 13.2 Å². The molecule has 0 unspecified atom stereocenters. The molecule has 1 atom stereocenters. The number of ether oxygens (including phenoxy) is 2. The lowest BCUT2D eigenvalue weighted by Crippen LogP contribution is -2.34. The number of thiazole rings is 1. The second-order valence-electron chi connectivity index (χ2n) is 9.12. The topological polar surface area (TPSA) is 103 Å². The van der Waals surface area contributed by atoms with Crippen molar-refractivity contribution in [3.05, 3.63) is 67.5 Å². The fourth-order valence-electron chi connectivity index (χ4n) is 4.65. The third-order valence-corrected chi connectivity index (χ3v) is 8.02. The van der Waals surface area contributed by atoms with Gasteiger partial charge in [-0.3, -0.25) is 4.90 Å². The number of fused-ring (bicyclic) bond motifs is 2. The molecule has 0 bridgehead atoms. The van der Waals surface area contributed by atoms with Gasteiger partial charge >= 0.3 is 5.97 Å². The van der Waals surface area contributed by atoms with Gasteiger partial charge in [-0.1, -0.05) is 23.2 Å². The predicted molar refractivity (Wildman–Crippen MR) is 140 cm³/mol. The van der Waals surface area contributed by atoms with Crippen molar-refractivity contribution in [3.8, 4) is 5.88 Å². The zero-order valence-corrected chi connectivity index (χ0v) is 22.0. The van der Waals surface area contributed by atoms with E-state index in [-0.39, 0.29) is 18.3 Å². The van der Waals surface area contributed by atoms with Gasteiger partial charge in [-0.25, -0.2) is 19.7 Å². The molecule has 0 saturated carbocycles. The monoisotopic (exact) mass is 559 g/mol. The number of benzene rings is 1. The molecule has 5 heterocycles. The molecule has 1 aromatic carbocycles. The standard InChI is InChI=1S/C25H23Cl2N5O4S/c26-17-7-14-3-5-31(11-19(14)30-24(17)36-13-23-28-9-21(27)37-23)12-22-29-18-2-1-15(25(33)34)8-20(18)32(22)10-16-4-6-35-16/h1-2,7-9,16H,3-6,10-13H2,(H,33,34)/t16-/m0/s1. The molecule has 9 nitrogen and oxygen atoms in total. The average Bonchev–Trinajstić information content (AvgIpc) is 3.42. The van der Waals surface area contributed by atoms with Gasteiger partial charge in [0.15, 0.2) is 0 Å². The summed E-state index contributed by atoms with van der Waals surface area (Å²) in [5.74, 6) is 0.302. The molecule has 12 heteroatoms. The first-order valence-electron chi connectivity index (χ1n) is 11.9. The molecule has 192 valence electrons. The van der Waals surface area contributed by atoms with E-state index in [1.165, 1.54) is 11.3 Å². The summed E-state index contributed by atoms with van der Waals surface area (Å²) in [6.07, 6.45) is 3.50. The Kier molecular flexibility index (Phi) is 6.76. The van der Waals surface area contributed by atoms with Crippen LogP contribution >= 0.6 is 34.5 Å². The van der Waals surface area contributed by atoms with Crippen LogP contribution in [0.3, 0.4) is 0 Å². The number of nitrogens with zero attached hydrogens (tertiary/aromatic N) is 5. The largest absolute Gasteiger partial charge is 0.478 e. The molecule has 6 rings (SSSR count). The van der Waals surface area contributed by atoms with Gasteiger partial charge in [0, 0.05) is 19.7 Å². The fourth-order valence-corrected chi connectivity index (χ4v) is 5.75. The molecule has 0 radical (unpaired) electrons. The quantitative estimate of drug-likeness (QED) is 0.327. The highest BCUT2D eigenvalue weighted by Gasteiger charge is 2.25. The summed E-state index contributed by atoms with van der Waals surface area (Å²) in [5, 5.41) is 10.7. The fraction of sp³-hybridized carbons (Fsp3) is 0.360. The first kappa shape index (κ1) is 24.6. The minimum absolute atomic E-state index is 0.114. The van der Waals surface area contributed by atoms with E-state index in [4.69, 9.17) is 42.6 Å². The van der Waals surface area contributed by atoms with Crippen LogP contribution in [-0.2, 0) is 37.4 Å². The van der Waals surface area contributed by atoms with Crippen LogP contribution in [0, 0.1) is 0 Å². The van der Waals surface area contributed by atoms with Gasteiger partial charge in [0.25, 0.3) is 0 Å². The van der Waals surface area contributed by atoms with Crippen molar-refractivity contribution >= 4 is 51.5 Å². The van der Waals surface area contributed by atoms with Crippen LogP contribution in [-0.4, -0.2) is 54.8 Å². The van der Waals surface area contributed by atoms with Gasteiger partial charge in [0.2, 0.25) is 5.88 Å². The summed E-state index contributed by atoms with van der Waals surface area (Å²) < 4.78 is 14.2. The predicted octanol–water partition coefficient (Wildman–Crippen LogP) is 4.82. The maximum atomic E-state index is 11.6. The summed E-state index contributed by atoms with van der Waals surface area (Å²) in [6.45, 7) is 3.69. The van der Waals surface area contributed by atoms with Gasteiger partial charge in [-0.2, -0.15) is 0 Å². The first-order chi connectivity index (χ1) is 17.9. The van der Waals surface area contributed by atoms with Gasteiger partial charge in [-0.05, 0) is 42.7 Å². The SMILES string of the molecule is O=C(O)c1ccc2nc(CN3CCc4cc(Cl)c(OCc5ncc(Cl)s5)nc4C3)n(C[C@@H]3CCO3)c2c1. The van der Waals surface area contributed by atoms with Crippen molar-refractivity contribution < 1.29 is 19.4 Å². The van der Waals surface area contributed by atoms with E-state index in [9.17, 15) is 9.90 Å². The Hall–Kier alpha value is -2.76. The van der Waals surface area contributed by atoms with Crippen LogP contribution in [0.4, 0.5) is 0 Å². The Bertz CT molecular complexity index is 1490. The van der Waals surface area contributed by atoms with Gasteiger partial charge in [-0.15, -0.1) is 11.3 Å². The zero-order valence-electron chi connectivity index (χ0n) is 19.7. The number of imidazole rings is 1. The van der Waals surface area contributed by atoms with Crippen LogP contribution in [0.2, 0.25) is 9.36 Å². The molecule has 4 aromatic rings. The second-order valence-corrected chi connectivity index (χ2v) is 11.3. The Morgan fingerprint density at radius 3 is 2.86 bits per heavy atom. The highest BCUT2D eigenvalue weighted by Crippen LogP contribution is 2.31. The number of carbonyl (C=O) groups is 1. The number of hydrogen-bond donors (Lipinski definition) is 1. The molecule has 0 amide bonds. The number of carboxylic acids is 1. The van der Waals surface area contributed by atoms with Crippen molar-refractivity contribution in [3.63, 3.8) is 0 Å². The minimum Gasteiger partial charge on any atom is -0.478 e. The number of aromatic carboxylic acids is 1. The number of pyridine rings is 1. The summed E-state index contributed by atoms with van der Waals surface area (Å²) >= 11 is 13.8. The van der Waals surface area contributed by atoms with E-state index < -0.39 is 5.97 Å². The number of hydrogen-bond acceptors (Lipinski definition) is 8. The van der Waals surface area contributed by atoms with Crippen molar-refractivity contribution in [1.82, 2.24) is 24.4 Å². The molecule has 1 saturated heterocycles. The molecule has 3 aromatic heterocycles. The van der Waals surface area contributed by atoms with Crippen LogP contribution in [0.1, 0.15) is 38.9 Å². The Balaban J connectivity index is 1.23. The summed E-state index contributed by atoms with van der Waals surface area (Å²) in [7, 11) is 0. The van der Waals surface area contributed by atoms with Crippen LogP contribution < -0.4 is 4.74 Å². The van der Waals surface area contributed by atoms with E-state index in [1.54, 1.807) is 24.4 Å².